The Morgan fingerprint density at radius 3 is 2.84 bits per heavy atom. The molecule has 1 aliphatic rings. The Labute approximate surface area is 108 Å². The van der Waals surface area contributed by atoms with Crippen molar-refractivity contribution in [1.29, 1.82) is 0 Å². The minimum atomic E-state index is -4.27. The Kier molecular flexibility index (Phi) is 3.69. The lowest BCUT2D eigenvalue weighted by molar-refractivity contribution is -0.0939. The zero-order valence-electron chi connectivity index (χ0n) is 9.98. The van der Waals surface area contributed by atoms with E-state index in [-0.39, 0.29) is 6.42 Å². The fourth-order valence-electron chi connectivity index (χ4n) is 1.90. The van der Waals surface area contributed by atoms with Gasteiger partial charge in [-0.25, -0.2) is 0 Å². The van der Waals surface area contributed by atoms with Gasteiger partial charge in [0.2, 0.25) is 0 Å². The molecule has 0 unspecified atom stereocenters. The molecule has 1 aliphatic carbocycles. The second-order valence-corrected chi connectivity index (χ2v) is 4.11. The Morgan fingerprint density at radius 2 is 2.16 bits per heavy atom. The van der Waals surface area contributed by atoms with Gasteiger partial charge in [-0.3, -0.25) is 4.98 Å². The highest BCUT2D eigenvalue weighted by Crippen LogP contribution is 2.35. The average molecular weight is 267 g/mol. The van der Waals surface area contributed by atoms with Crippen molar-refractivity contribution in [2.24, 2.45) is 10.9 Å². The van der Waals surface area contributed by atoms with Gasteiger partial charge in [0.25, 0.3) is 0 Å². The fourth-order valence-corrected chi connectivity index (χ4v) is 1.90. The van der Waals surface area contributed by atoms with Gasteiger partial charge < -0.3 is 5.84 Å². The van der Waals surface area contributed by atoms with Gasteiger partial charge >= 0.3 is 6.18 Å². The van der Waals surface area contributed by atoms with Crippen LogP contribution < -0.4 is 5.84 Å². The molecule has 1 heterocycles. The van der Waals surface area contributed by atoms with Crippen molar-refractivity contribution in [3.8, 4) is 0 Å². The number of rotatable bonds is 2. The lowest BCUT2D eigenvalue weighted by Crippen LogP contribution is -2.13. The van der Waals surface area contributed by atoms with Crippen molar-refractivity contribution in [2.75, 3.05) is 0 Å². The van der Waals surface area contributed by atoms with E-state index in [9.17, 15) is 13.2 Å². The molecule has 6 heteroatoms. The second-order valence-electron chi connectivity index (χ2n) is 4.11. The summed E-state index contributed by atoms with van der Waals surface area (Å²) in [6, 6.07) is 3.31. The van der Waals surface area contributed by atoms with E-state index in [1.165, 1.54) is 18.5 Å². The summed E-state index contributed by atoms with van der Waals surface area (Å²) in [5.41, 5.74) is 1.23. The highest BCUT2D eigenvalue weighted by Gasteiger charge is 2.33. The van der Waals surface area contributed by atoms with Gasteiger partial charge in [0, 0.05) is 11.8 Å². The fraction of sp³-hybridized carbons (Fsp3) is 0.231. The van der Waals surface area contributed by atoms with Crippen LogP contribution in [-0.2, 0) is 0 Å². The molecule has 2 rings (SSSR count). The largest absolute Gasteiger partial charge is 0.412 e. The molecule has 100 valence electrons. The van der Waals surface area contributed by atoms with Crippen molar-refractivity contribution >= 4 is 11.8 Å². The number of halogens is 3. The molecule has 0 atom stereocenters. The van der Waals surface area contributed by atoms with E-state index in [1.807, 2.05) is 0 Å². The van der Waals surface area contributed by atoms with Gasteiger partial charge in [-0.15, -0.1) is 0 Å². The number of hydrogen-bond acceptors (Lipinski definition) is 3. The molecule has 0 radical (unpaired) electrons. The third kappa shape index (κ3) is 3.21. The number of pyridine rings is 1. The number of hydrogen-bond donors (Lipinski definition) is 1. The molecule has 0 saturated carbocycles. The molecule has 1 aromatic rings. The van der Waals surface area contributed by atoms with Crippen molar-refractivity contribution in [1.82, 2.24) is 4.98 Å². The van der Waals surface area contributed by atoms with Crippen LogP contribution in [0.4, 0.5) is 13.2 Å². The zero-order chi connectivity index (χ0) is 13.9. The highest BCUT2D eigenvalue weighted by atomic mass is 19.4. The molecule has 0 spiro atoms. The van der Waals surface area contributed by atoms with Crippen LogP contribution in [0.1, 0.15) is 24.1 Å². The summed E-state index contributed by atoms with van der Waals surface area (Å²) in [5, 5.41) is 3.34. The van der Waals surface area contributed by atoms with Crippen molar-refractivity contribution < 1.29 is 13.2 Å². The van der Waals surface area contributed by atoms with Crippen LogP contribution in [0.5, 0.6) is 0 Å². The van der Waals surface area contributed by atoms with Crippen LogP contribution in [-0.4, -0.2) is 17.4 Å². The van der Waals surface area contributed by atoms with E-state index in [2.05, 4.69) is 10.1 Å². The molecule has 1 aromatic heterocycles. The van der Waals surface area contributed by atoms with Crippen LogP contribution in [0.3, 0.4) is 0 Å². The molecular weight excluding hydrogens is 255 g/mol. The van der Waals surface area contributed by atoms with Crippen molar-refractivity contribution in [2.45, 2.75) is 19.0 Å². The molecule has 2 N–H and O–H groups in total. The minimum Gasteiger partial charge on any atom is -0.323 e. The van der Waals surface area contributed by atoms with E-state index in [0.29, 0.717) is 23.3 Å². The molecule has 0 aromatic carbocycles. The van der Waals surface area contributed by atoms with E-state index >= 15 is 0 Å². The van der Waals surface area contributed by atoms with Gasteiger partial charge in [0.1, 0.15) is 0 Å². The molecule has 19 heavy (non-hydrogen) atoms. The molecule has 0 amide bonds. The monoisotopic (exact) mass is 267 g/mol. The molecule has 0 bridgehead atoms. The summed E-state index contributed by atoms with van der Waals surface area (Å²) in [4.78, 5) is 3.99. The van der Waals surface area contributed by atoms with Crippen LogP contribution in [0.25, 0.3) is 5.57 Å². The number of alkyl halides is 3. The first-order valence-electron chi connectivity index (χ1n) is 5.68. The smallest absolute Gasteiger partial charge is 0.323 e. The van der Waals surface area contributed by atoms with Crippen LogP contribution in [0.2, 0.25) is 0 Å². The summed E-state index contributed by atoms with van der Waals surface area (Å²) < 4.78 is 38.1. The van der Waals surface area contributed by atoms with Crippen molar-refractivity contribution in [3.05, 3.63) is 47.3 Å². The van der Waals surface area contributed by atoms with Gasteiger partial charge in [0.15, 0.2) is 0 Å². The Hall–Kier alpha value is -2.11. The van der Waals surface area contributed by atoms with Crippen LogP contribution in [0.15, 0.2) is 41.2 Å². The standard InChI is InChI=1S/C13H12F3N3/c14-13(15,16)11-3-1-2-9(6-11)10-4-5-18-12(7-10)8-19-17/h2,4-8H,1,3,17H2/b19-8-. The van der Waals surface area contributed by atoms with E-state index < -0.39 is 11.7 Å². The molecular formula is C13H12F3N3. The van der Waals surface area contributed by atoms with Gasteiger partial charge in [-0.05, 0) is 42.2 Å². The molecule has 0 saturated heterocycles. The van der Waals surface area contributed by atoms with Crippen LogP contribution >= 0.6 is 0 Å². The number of nitrogens with two attached hydrogens (primary N) is 1. The number of allylic oxidation sites excluding steroid dienone is 4. The lowest BCUT2D eigenvalue weighted by atomic mass is 9.94. The topological polar surface area (TPSA) is 51.3 Å². The first-order chi connectivity index (χ1) is 9.00. The lowest BCUT2D eigenvalue weighted by Gasteiger charge is -2.16. The Balaban J connectivity index is 2.34. The zero-order valence-corrected chi connectivity index (χ0v) is 9.98. The maximum atomic E-state index is 12.7. The van der Waals surface area contributed by atoms with Gasteiger partial charge in [0.05, 0.1) is 11.9 Å². The van der Waals surface area contributed by atoms with Gasteiger partial charge in [-0.2, -0.15) is 18.3 Å². The minimum absolute atomic E-state index is 0.0230. The first-order valence-corrected chi connectivity index (χ1v) is 5.68. The first kappa shape index (κ1) is 13.3. The van der Waals surface area contributed by atoms with Crippen molar-refractivity contribution in [3.63, 3.8) is 0 Å². The van der Waals surface area contributed by atoms with E-state index in [0.717, 1.165) is 0 Å². The Bertz CT molecular complexity index is 556. The summed E-state index contributed by atoms with van der Waals surface area (Å²) in [6.07, 6.45) is 1.97. The molecule has 3 nitrogen and oxygen atoms in total. The summed E-state index contributed by atoms with van der Waals surface area (Å²) >= 11 is 0. The maximum Gasteiger partial charge on any atom is 0.412 e. The predicted molar refractivity (Wildman–Crippen MR) is 67.4 cm³/mol. The SMILES string of the molecule is N/N=C\c1cc(C2=CCCC(C(F)(F)F)=C2)ccn1. The number of nitrogens with zero attached hydrogens (tertiary/aromatic N) is 2. The molecule has 0 aliphatic heterocycles. The van der Waals surface area contributed by atoms with E-state index in [4.69, 9.17) is 5.84 Å². The predicted octanol–water partition coefficient (Wildman–Crippen LogP) is 3.04. The normalized spacial score (nSPS) is 16.4. The highest BCUT2D eigenvalue weighted by molar-refractivity contribution is 5.81. The van der Waals surface area contributed by atoms with E-state index in [1.54, 1.807) is 18.2 Å². The van der Waals surface area contributed by atoms with Gasteiger partial charge in [-0.1, -0.05) is 6.08 Å². The third-order valence-electron chi connectivity index (χ3n) is 2.79. The van der Waals surface area contributed by atoms with Crippen LogP contribution in [0, 0.1) is 0 Å². The molecule has 0 fully saturated rings. The maximum absolute atomic E-state index is 12.7. The summed E-state index contributed by atoms with van der Waals surface area (Å²) in [5.74, 6) is 5.02. The second kappa shape index (κ2) is 5.26. The Morgan fingerprint density at radius 1 is 1.37 bits per heavy atom. The number of aromatic nitrogens is 1. The third-order valence-corrected chi connectivity index (χ3v) is 2.79. The average Bonchev–Trinajstić information content (AvgIpc) is 2.39. The quantitative estimate of drug-likeness (QED) is 0.508. The summed E-state index contributed by atoms with van der Waals surface area (Å²) in [7, 11) is 0. The summed E-state index contributed by atoms with van der Waals surface area (Å²) in [6.45, 7) is 0. The number of hydrazone groups is 1.